The van der Waals surface area contributed by atoms with Crippen LogP contribution in [0.1, 0.15) is 24.3 Å². The molecule has 152 valence electrons. The zero-order valence-corrected chi connectivity index (χ0v) is 19.4. The number of carbonyl (C=O) groups is 1. The molecule has 1 aliphatic heterocycles. The molecule has 0 bridgehead atoms. The Balaban J connectivity index is 1.59. The molecule has 5 nitrogen and oxygen atoms in total. The van der Waals surface area contributed by atoms with Crippen LogP contribution in [0.25, 0.3) is 10.2 Å². The van der Waals surface area contributed by atoms with Crippen LogP contribution in [0.4, 0.5) is 5.69 Å². The highest BCUT2D eigenvalue weighted by atomic mass is 35.5. The maximum absolute atomic E-state index is 12.5. The number of halogens is 1. The van der Waals surface area contributed by atoms with Gasteiger partial charge in [-0.15, -0.1) is 11.3 Å². The van der Waals surface area contributed by atoms with Crippen molar-refractivity contribution in [3.8, 4) is 0 Å². The van der Waals surface area contributed by atoms with Crippen LogP contribution in [0.5, 0.6) is 0 Å². The van der Waals surface area contributed by atoms with Crippen molar-refractivity contribution in [3.05, 3.63) is 39.7 Å². The summed E-state index contributed by atoms with van der Waals surface area (Å²) in [6.07, 6.45) is 2.78. The summed E-state index contributed by atoms with van der Waals surface area (Å²) in [5.41, 5.74) is 1.77. The molecule has 3 heterocycles. The number of nitrogens with one attached hydrogen (secondary N) is 1. The van der Waals surface area contributed by atoms with Gasteiger partial charge < -0.3 is 10.1 Å². The van der Waals surface area contributed by atoms with Crippen molar-refractivity contribution in [2.45, 2.75) is 42.7 Å². The highest BCUT2D eigenvalue weighted by Gasteiger charge is 2.31. The Morgan fingerprint density at radius 3 is 2.79 bits per heavy atom. The fourth-order valence-electron chi connectivity index (χ4n) is 3.15. The molecule has 0 unspecified atom stereocenters. The van der Waals surface area contributed by atoms with E-state index in [2.05, 4.69) is 19.2 Å². The van der Waals surface area contributed by atoms with Crippen LogP contribution in [0.2, 0.25) is 5.02 Å². The summed E-state index contributed by atoms with van der Waals surface area (Å²) >= 11 is 10.5. The van der Waals surface area contributed by atoms with E-state index in [1.165, 1.54) is 34.0 Å². The van der Waals surface area contributed by atoms with Gasteiger partial charge in [-0.1, -0.05) is 35.1 Å². The number of fused-ring (bicyclic) bond motifs is 3. The molecule has 0 aliphatic carbocycles. The molecule has 0 atom stereocenters. The predicted molar refractivity (Wildman–Crippen MR) is 123 cm³/mol. The summed E-state index contributed by atoms with van der Waals surface area (Å²) < 4.78 is 5.97. The van der Waals surface area contributed by atoms with Gasteiger partial charge in [-0.2, -0.15) is 0 Å². The van der Waals surface area contributed by atoms with E-state index in [9.17, 15) is 4.79 Å². The summed E-state index contributed by atoms with van der Waals surface area (Å²) in [5.74, 6) is 0.190. The van der Waals surface area contributed by atoms with Crippen molar-refractivity contribution in [2.24, 2.45) is 0 Å². The standard InChI is InChI=1S/C20H20ClN3O2S3/c1-20(2)8-13-14(9-26-20)29-18-16(13)17(23-19(24-18)27-3)28-10-15(25)22-12-6-4-11(21)5-7-12/h4-7H,8-10H2,1-3H3,(H,22,25). The van der Waals surface area contributed by atoms with Gasteiger partial charge >= 0.3 is 0 Å². The predicted octanol–water partition coefficient (Wildman–Crippen LogP) is 5.65. The van der Waals surface area contributed by atoms with Crippen molar-refractivity contribution in [1.29, 1.82) is 0 Å². The first-order valence-electron chi connectivity index (χ1n) is 9.03. The Hall–Kier alpha value is -1.32. The Morgan fingerprint density at radius 1 is 1.31 bits per heavy atom. The summed E-state index contributed by atoms with van der Waals surface area (Å²) in [6.45, 7) is 4.80. The largest absolute Gasteiger partial charge is 0.370 e. The zero-order chi connectivity index (χ0) is 20.6. The minimum absolute atomic E-state index is 0.0810. The third kappa shape index (κ3) is 4.72. The molecule has 3 aromatic rings. The molecule has 0 radical (unpaired) electrons. The number of aromatic nitrogens is 2. The van der Waals surface area contributed by atoms with E-state index in [0.29, 0.717) is 11.6 Å². The van der Waals surface area contributed by atoms with Crippen LogP contribution >= 0.6 is 46.5 Å². The molecule has 4 rings (SSSR count). The minimum Gasteiger partial charge on any atom is -0.370 e. The highest BCUT2D eigenvalue weighted by Crippen LogP contribution is 2.42. The highest BCUT2D eigenvalue weighted by molar-refractivity contribution is 8.00. The zero-order valence-electron chi connectivity index (χ0n) is 16.2. The van der Waals surface area contributed by atoms with E-state index in [1.54, 1.807) is 35.6 Å². The Morgan fingerprint density at radius 2 is 2.07 bits per heavy atom. The Labute approximate surface area is 187 Å². The number of benzene rings is 1. The van der Waals surface area contributed by atoms with Crippen LogP contribution in [0.15, 0.2) is 34.4 Å². The molecule has 0 fully saturated rings. The molecule has 2 aromatic heterocycles. The first kappa shape index (κ1) is 20.9. The van der Waals surface area contributed by atoms with E-state index in [-0.39, 0.29) is 17.3 Å². The Kier molecular flexibility index (Phi) is 6.09. The van der Waals surface area contributed by atoms with Crippen LogP contribution in [-0.2, 0) is 22.6 Å². The van der Waals surface area contributed by atoms with Gasteiger partial charge in [0.25, 0.3) is 0 Å². The number of carbonyl (C=O) groups excluding carboxylic acids is 1. The number of thioether (sulfide) groups is 2. The number of hydrogen-bond donors (Lipinski definition) is 1. The molecule has 1 amide bonds. The first-order valence-corrected chi connectivity index (χ1v) is 12.4. The second-order valence-corrected chi connectivity index (χ2v) is 10.5. The van der Waals surface area contributed by atoms with E-state index in [1.807, 2.05) is 6.26 Å². The minimum atomic E-state index is -0.215. The maximum atomic E-state index is 12.5. The van der Waals surface area contributed by atoms with Crippen molar-refractivity contribution in [2.75, 3.05) is 17.3 Å². The van der Waals surface area contributed by atoms with E-state index >= 15 is 0 Å². The molecule has 29 heavy (non-hydrogen) atoms. The average Bonchev–Trinajstić information content (AvgIpc) is 3.04. The van der Waals surface area contributed by atoms with Gasteiger partial charge in [-0.3, -0.25) is 4.79 Å². The number of hydrogen-bond acceptors (Lipinski definition) is 7. The first-order chi connectivity index (χ1) is 13.8. The maximum Gasteiger partial charge on any atom is 0.234 e. The summed E-state index contributed by atoms with van der Waals surface area (Å²) in [7, 11) is 0. The lowest BCUT2D eigenvalue weighted by Crippen LogP contribution is -2.31. The lowest BCUT2D eigenvalue weighted by molar-refractivity contribution is -0.113. The monoisotopic (exact) mass is 465 g/mol. The average molecular weight is 466 g/mol. The number of amides is 1. The van der Waals surface area contributed by atoms with Gasteiger partial charge in [0.05, 0.1) is 18.0 Å². The van der Waals surface area contributed by atoms with Crippen LogP contribution in [-0.4, -0.2) is 33.5 Å². The van der Waals surface area contributed by atoms with E-state index in [0.717, 1.165) is 32.5 Å². The lowest BCUT2D eigenvalue weighted by Gasteiger charge is -2.30. The third-order valence-corrected chi connectivity index (χ3v) is 7.40. The van der Waals surface area contributed by atoms with E-state index in [4.69, 9.17) is 26.3 Å². The smallest absolute Gasteiger partial charge is 0.234 e. The number of rotatable bonds is 5. The molecule has 1 aromatic carbocycles. The quantitative estimate of drug-likeness (QED) is 0.298. The van der Waals surface area contributed by atoms with Crippen LogP contribution < -0.4 is 5.32 Å². The van der Waals surface area contributed by atoms with Gasteiger partial charge in [-0.25, -0.2) is 9.97 Å². The summed E-state index contributed by atoms with van der Waals surface area (Å²) in [4.78, 5) is 24.1. The number of ether oxygens (including phenoxy) is 1. The number of thiophene rings is 1. The lowest BCUT2D eigenvalue weighted by atomic mass is 9.95. The van der Waals surface area contributed by atoms with E-state index < -0.39 is 0 Å². The fraction of sp³-hybridized carbons (Fsp3) is 0.350. The number of anilines is 1. The Bertz CT molecular complexity index is 1070. The van der Waals surface area contributed by atoms with Gasteiger partial charge in [-0.05, 0) is 49.9 Å². The SMILES string of the molecule is CSc1nc(SCC(=O)Nc2ccc(Cl)cc2)c2c3c(sc2n1)COC(C)(C)C3. The van der Waals surface area contributed by atoms with Crippen molar-refractivity contribution >= 4 is 68.3 Å². The molecule has 1 aliphatic rings. The van der Waals surface area contributed by atoms with Gasteiger partial charge in [0.15, 0.2) is 5.16 Å². The molecule has 0 saturated carbocycles. The van der Waals surface area contributed by atoms with Crippen molar-refractivity contribution in [3.63, 3.8) is 0 Å². The molecular weight excluding hydrogens is 446 g/mol. The van der Waals surface area contributed by atoms with Gasteiger partial charge in [0.1, 0.15) is 9.86 Å². The second-order valence-electron chi connectivity index (χ2n) is 7.27. The fourth-order valence-corrected chi connectivity index (χ4v) is 5.78. The molecular formula is C20H20ClN3O2S3. The van der Waals surface area contributed by atoms with Gasteiger partial charge in [0, 0.05) is 27.4 Å². The summed E-state index contributed by atoms with van der Waals surface area (Å²) in [5, 5.41) is 6.19. The van der Waals surface area contributed by atoms with Crippen LogP contribution in [0.3, 0.4) is 0 Å². The third-order valence-electron chi connectivity index (χ3n) is 4.53. The molecule has 0 spiro atoms. The van der Waals surface area contributed by atoms with Crippen LogP contribution in [0, 0.1) is 0 Å². The number of nitrogens with zero attached hydrogens (tertiary/aromatic N) is 2. The summed E-state index contributed by atoms with van der Waals surface area (Å²) in [6, 6.07) is 7.09. The van der Waals surface area contributed by atoms with Crippen molar-refractivity contribution in [1.82, 2.24) is 9.97 Å². The topological polar surface area (TPSA) is 64.1 Å². The molecule has 1 N–H and O–H groups in total. The van der Waals surface area contributed by atoms with Crippen molar-refractivity contribution < 1.29 is 9.53 Å². The molecule has 0 saturated heterocycles. The second kappa shape index (κ2) is 8.43. The van der Waals surface area contributed by atoms with Gasteiger partial charge in [0.2, 0.25) is 5.91 Å². The normalized spacial score (nSPS) is 15.3. The molecule has 9 heteroatoms.